The highest BCUT2D eigenvalue weighted by Crippen LogP contribution is 2.40. The van der Waals surface area contributed by atoms with E-state index in [0.29, 0.717) is 5.39 Å². The molecule has 0 unspecified atom stereocenters. The van der Waals surface area contributed by atoms with Gasteiger partial charge in [-0.15, -0.1) is 10.2 Å². The molecule has 26 heavy (non-hydrogen) atoms. The lowest BCUT2D eigenvalue weighted by molar-refractivity contribution is -0.384. The molecule has 0 aliphatic rings. The van der Waals surface area contributed by atoms with Crippen LogP contribution >= 0.6 is 15.9 Å². The summed E-state index contributed by atoms with van der Waals surface area (Å²) in [6, 6.07) is 8.90. The molecule has 0 aliphatic heterocycles. The Morgan fingerprint density at radius 1 is 1.31 bits per heavy atom. The van der Waals surface area contributed by atoms with Crippen molar-refractivity contribution in [2.75, 3.05) is 0 Å². The molecule has 1 N–H and O–H groups in total. The molecule has 1 amide bonds. The molecule has 0 spiro atoms. The van der Waals surface area contributed by atoms with Gasteiger partial charge in [0.15, 0.2) is 5.69 Å². The molecule has 0 bridgehead atoms. The zero-order valence-corrected chi connectivity index (χ0v) is 15.4. The van der Waals surface area contributed by atoms with Gasteiger partial charge in [0.1, 0.15) is 0 Å². The first-order valence-corrected chi connectivity index (χ1v) is 8.27. The highest BCUT2D eigenvalue weighted by Gasteiger charge is 2.18. The monoisotopic (exact) mass is 416 g/mol. The number of carbonyl (C=O) groups excluding carboxylic acids is 1. The van der Waals surface area contributed by atoms with Crippen LogP contribution in [0.5, 0.6) is 5.88 Å². The van der Waals surface area contributed by atoms with Crippen molar-refractivity contribution in [2.45, 2.75) is 6.92 Å². The van der Waals surface area contributed by atoms with Crippen molar-refractivity contribution in [2.24, 2.45) is 17.3 Å². The Balaban J connectivity index is 2.04. The molecule has 0 aliphatic carbocycles. The van der Waals surface area contributed by atoms with Crippen molar-refractivity contribution < 1.29 is 14.8 Å². The number of fused-ring (bicyclic) bond motifs is 1. The van der Waals surface area contributed by atoms with Crippen molar-refractivity contribution in [1.82, 2.24) is 4.57 Å². The zero-order chi connectivity index (χ0) is 19.0. The molecule has 0 saturated carbocycles. The van der Waals surface area contributed by atoms with E-state index < -0.39 is 10.8 Å². The minimum absolute atomic E-state index is 0.0417. The number of nitrogens with zero attached hydrogens (tertiary/aromatic N) is 4. The Kier molecular flexibility index (Phi) is 4.56. The number of azo groups is 1. The number of rotatable bonds is 3. The SMILES string of the molecule is Cc1cc(Br)cc2c(N=NC(=O)c3cccc([N+](=O)[O-])c3)c(O)n(C)c12. The highest BCUT2D eigenvalue weighted by atomic mass is 79.9. The number of non-ortho nitro benzene ring substituents is 1. The van der Waals surface area contributed by atoms with Crippen LogP contribution in [0.1, 0.15) is 15.9 Å². The average Bonchev–Trinajstić information content (AvgIpc) is 2.83. The first-order valence-electron chi connectivity index (χ1n) is 7.47. The Morgan fingerprint density at radius 3 is 2.73 bits per heavy atom. The van der Waals surface area contributed by atoms with Crippen molar-refractivity contribution in [3.63, 3.8) is 0 Å². The predicted molar refractivity (Wildman–Crippen MR) is 99.0 cm³/mol. The summed E-state index contributed by atoms with van der Waals surface area (Å²) in [7, 11) is 1.68. The second kappa shape index (κ2) is 6.68. The minimum atomic E-state index is -0.739. The van der Waals surface area contributed by atoms with E-state index in [9.17, 15) is 20.0 Å². The summed E-state index contributed by atoms with van der Waals surface area (Å²) in [5.74, 6) is -0.867. The molecule has 2 aromatic carbocycles. The van der Waals surface area contributed by atoms with Crippen molar-refractivity contribution in [1.29, 1.82) is 0 Å². The smallest absolute Gasteiger partial charge is 0.295 e. The largest absolute Gasteiger partial charge is 0.493 e. The summed E-state index contributed by atoms with van der Waals surface area (Å²) in [5.41, 5.74) is 1.67. The van der Waals surface area contributed by atoms with Gasteiger partial charge in [0.05, 0.1) is 16.0 Å². The summed E-state index contributed by atoms with van der Waals surface area (Å²) >= 11 is 3.40. The minimum Gasteiger partial charge on any atom is -0.493 e. The van der Waals surface area contributed by atoms with Crippen molar-refractivity contribution >= 4 is 44.1 Å². The first-order chi connectivity index (χ1) is 12.3. The molecule has 9 heteroatoms. The number of aromatic hydroxyl groups is 1. The maximum atomic E-state index is 12.2. The summed E-state index contributed by atoms with van der Waals surface area (Å²) in [6.45, 7) is 1.89. The standard InChI is InChI=1S/C17H13BrN4O4/c1-9-6-11(18)8-13-14(17(24)21(2)15(9)13)19-20-16(23)10-4-3-5-12(7-10)22(25)26/h3-8,24H,1-2H3. The quantitative estimate of drug-likeness (QED) is 0.375. The Labute approximate surface area is 156 Å². The van der Waals surface area contributed by atoms with Gasteiger partial charge in [0.2, 0.25) is 5.88 Å². The first kappa shape index (κ1) is 17.7. The topological polar surface area (TPSA) is 110 Å². The normalized spacial score (nSPS) is 11.3. The second-order valence-electron chi connectivity index (χ2n) is 5.66. The third kappa shape index (κ3) is 3.08. The van der Waals surface area contributed by atoms with Gasteiger partial charge in [0.25, 0.3) is 11.6 Å². The second-order valence-corrected chi connectivity index (χ2v) is 6.58. The van der Waals surface area contributed by atoms with Crippen molar-refractivity contribution in [3.05, 3.63) is 62.1 Å². The number of benzene rings is 2. The van der Waals surface area contributed by atoms with Crippen LogP contribution in [0.25, 0.3) is 10.9 Å². The fourth-order valence-electron chi connectivity index (χ4n) is 2.75. The average molecular weight is 417 g/mol. The molecule has 3 aromatic rings. The Hall–Kier alpha value is -3.07. The van der Waals surface area contributed by atoms with Crippen LogP contribution in [0.15, 0.2) is 51.1 Å². The lowest BCUT2D eigenvalue weighted by Crippen LogP contribution is -1.95. The summed E-state index contributed by atoms with van der Waals surface area (Å²) in [6.07, 6.45) is 0. The van der Waals surface area contributed by atoms with Crippen LogP contribution in [-0.2, 0) is 7.05 Å². The molecule has 132 valence electrons. The number of hydrogen-bond donors (Lipinski definition) is 1. The number of nitro benzene ring substituents is 1. The number of aryl methyl sites for hydroxylation is 2. The van der Waals surface area contributed by atoms with E-state index in [1.54, 1.807) is 17.7 Å². The highest BCUT2D eigenvalue weighted by molar-refractivity contribution is 9.10. The Bertz CT molecular complexity index is 1090. The van der Waals surface area contributed by atoms with Crippen molar-refractivity contribution in [3.8, 4) is 5.88 Å². The molecule has 1 heterocycles. The van der Waals surface area contributed by atoms with Gasteiger partial charge in [-0.1, -0.05) is 22.0 Å². The fraction of sp³-hybridized carbons (Fsp3) is 0.118. The van der Waals surface area contributed by atoms with Crippen LogP contribution < -0.4 is 0 Å². The number of aromatic nitrogens is 1. The van der Waals surface area contributed by atoms with E-state index >= 15 is 0 Å². The zero-order valence-electron chi connectivity index (χ0n) is 13.8. The maximum Gasteiger partial charge on any atom is 0.295 e. The molecular formula is C17H13BrN4O4. The molecule has 1 aromatic heterocycles. The van der Waals surface area contributed by atoms with Crippen LogP contribution in [0, 0.1) is 17.0 Å². The van der Waals surface area contributed by atoms with Gasteiger partial charge in [-0.25, -0.2) is 0 Å². The van der Waals surface area contributed by atoms with Crippen LogP contribution in [-0.4, -0.2) is 20.5 Å². The van der Waals surface area contributed by atoms with Gasteiger partial charge < -0.3 is 9.67 Å². The molecule has 8 nitrogen and oxygen atoms in total. The predicted octanol–water partition coefficient (Wildman–Crippen LogP) is 4.79. The van der Waals surface area contributed by atoms with E-state index in [0.717, 1.165) is 21.6 Å². The number of hydrogen-bond acceptors (Lipinski definition) is 5. The molecule has 0 fully saturated rings. The summed E-state index contributed by atoms with van der Waals surface area (Å²) < 4.78 is 2.36. The lowest BCUT2D eigenvalue weighted by Gasteiger charge is -2.01. The van der Waals surface area contributed by atoms with Gasteiger partial charge in [-0.05, 0) is 30.7 Å². The third-order valence-electron chi connectivity index (χ3n) is 3.93. The van der Waals surface area contributed by atoms with Crippen LogP contribution in [0.3, 0.4) is 0 Å². The third-order valence-corrected chi connectivity index (χ3v) is 4.39. The fourth-order valence-corrected chi connectivity index (χ4v) is 3.32. The van der Waals surface area contributed by atoms with E-state index in [1.807, 2.05) is 13.0 Å². The van der Waals surface area contributed by atoms with Gasteiger partial charge in [-0.3, -0.25) is 14.9 Å². The van der Waals surface area contributed by atoms with Crippen LogP contribution in [0.4, 0.5) is 11.4 Å². The molecule has 0 saturated heterocycles. The van der Waals surface area contributed by atoms with E-state index in [4.69, 9.17) is 0 Å². The van der Waals surface area contributed by atoms with Crippen LogP contribution in [0.2, 0.25) is 0 Å². The number of carbonyl (C=O) groups is 1. The number of halogens is 1. The number of amides is 1. The number of nitro groups is 1. The van der Waals surface area contributed by atoms with Gasteiger partial charge >= 0.3 is 0 Å². The molecular weight excluding hydrogens is 404 g/mol. The molecule has 3 rings (SSSR count). The summed E-state index contributed by atoms with van der Waals surface area (Å²) in [4.78, 5) is 22.4. The lowest BCUT2D eigenvalue weighted by atomic mass is 10.1. The molecule has 0 radical (unpaired) electrons. The van der Waals surface area contributed by atoms with E-state index in [2.05, 4.69) is 26.2 Å². The van der Waals surface area contributed by atoms with Gasteiger partial charge in [-0.2, -0.15) is 0 Å². The van der Waals surface area contributed by atoms with E-state index in [1.165, 1.54) is 18.2 Å². The molecule has 0 atom stereocenters. The summed E-state index contributed by atoms with van der Waals surface area (Å²) in [5, 5.41) is 29.3. The Morgan fingerprint density at radius 2 is 2.04 bits per heavy atom. The van der Waals surface area contributed by atoms with Gasteiger partial charge in [0, 0.05) is 29.0 Å². The van der Waals surface area contributed by atoms with E-state index in [-0.39, 0.29) is 22.8 Å². The maximum absolute atomic E-state index is 12.2.